The smallest absolute Gasteiger partial charge is 0.226 e. The first-order chi connectivity index (χ1) is 14.7. The predicted molar refractivity (Wildman–Crippen MR) is 118 cm³/mol. The Bertz CT molecular complexity index is 988. The van der Waals surface area contributed by atoms with Crippen LogP contribution in [0.1, 0.15) is 28.5 Å². The Balaban J connectivity index is 1.58. The number of fused-ring (bicyclic) bond motifs is 1. The van der Waals surface area contributed by atoms with Crippen molar-refractivity contribution in [1.29, 1.82) is 0 Å². The molecule has 0 N–H and O–H groups in total. The molecule has 1 unspecified atom stereocenters. The first-order valence-electron chi connectivity index (χ1n) is 9.96. The first kappa shape index (κ1) is 20.3. The maximum Gasteiger partial charge on any atom is 0.226 e. The highest BCUT2D eigenvalue weighted by Crippen LogP contribution is 2.42. The van der Waals surface area contributed by atoms with E-state index in [1.165, 1.54) is 5.56 Å². The lowest BCUT2D eigenvalue weighted by atomic mass is 9.90. The molecule has 2 heterocycles. The molecular weight excluding hydrogens is 398 g/mol. The summed E-state index contributed by atoms with van der Waals surface area (Å²) in [5.41, 5.74) is 2.29. The Kier molecular flexibility index (Phi) is 6.23. The number of carbonyl (C=O) groups excluding carboxylic acids is 1. The highest BCUT2D eigenvalue weighted by Gasteiger charge is 2.33. The molecule has 0 saturated carbocycles. The van der Waals surface area contributed by atoms with Crippen molar-refractivity contribution < 1.29 is 19.0 Å². The summed E-state index contributed by atoms with van der Waals surface area (Å²) in [4.78, 5) is 16.3. The van der Waals surface area contributed by atoms with E-state index in [-0.39, 0.29) is 11.9 Å². The normalized spacial score (nSPS) is 15.4. The number of nitrogens with zero attached hydrogens (tertiary/aromatic N) is 1. The van der Waals surface area contributed by atoms with Crippen LogP contribution in [0.4, 0.5) is 0 Å². The first-order valence-corrected chi connectivity index (χ1v) is 10.8. The third kappa shape index (κ3) is 4.14. The summed E-state index contributed by atoms with van der Waals surface area (Å²) >= 11 is 1.66. The standard InChI is InChI=1S/C24H25NO4S/c1-27-20-15-17-10-12-25(23(26)11-13-29-18-7-4-3-5-8-18)24(22-9-6-14-30-22)19(17)16-21(20)28-2/h3-9,14-16,24H,10-13H2,1-2H3. The number of amides is 1. The van der Waals surface area contributed by atoms with Crippen molar-refractivity contribution in [2.75, 3.05) is 27.4 Å². The maximum atomic E-state index is 13.2. The lowest BCUT2D eigenvalue weighted by Gasteiger charge is -2.37. The minimum Gasteiger partial charge on any atom is -0.493 e. The van der Waals surface area contributed by atoms with E-state index >= 15 is 0 Å². The van der Waals surface area contributed by atoms with Gasteiger partial charge in [0.2, 0.25) is 5.91 Å². The molecule has 30 heavy (non-hydrogen) atoms. The van der Waals surface area contributed by atoms with E-state index in [4.69, 9.17) is 14.2 Å². The fourth-order valence-electron chi connectivity index (χ4n) is 3.88. The zero-order valence-corrected chi connectivity index (χ0v) is 18.0. The van der Waals surface area contributed by atoms with Crippen molar-refractivity contribution in [2.45, 2.75) is 18.9 Å². The fraction of sp³-hybridized carbons (Fsp3) is 0.292. The molecule has 1 aliphatic rings. The van der Waals surface area contributed by atoms with E-state index in [0.717, 1.165) is 28.4 Å². The minimum absolute atomic E-state index is 0.0877. The quantitative estimate of drug-likeness (QED) is 0.552. The molecule has 0 bridgehead atoms. The van der Waals surface area contributed by atoms with Crippen molar-refractivity contribution in [2.24, 2.45) is 0 Å². The van der Waals surface area contributed by atoms with Crippen LogP contribution in [0.2, 0.25) is 0 Å². The summed E-state index contributed by atoms with van der Waals surface area (Å²) in [6, 6.07) is 17.6. The summed E-state index contributed by atoms with van der Waals surface area (Å²) in [5, 5.41) is 2.05. The van der Waals surface area contributed by atoms with Crippen LogP contribution in [-0.2, 0) is 11.2 Å². The third-order valence-electron chi connectivity index (χ3n) is 5.33. The van der Waals surface area contributed by atoms with Gasteiger partial charge in [0.1, 0.15) is 5.75 Å². The van der Waals surface area contributed by atoms with Gasteiger partial charge in [-0.2, -0.15) is 0 Å². The van der Waals surface area contributed by atoms with Gasteiger partial charge in [-0.3, -0.25) is 4.79 Å². The molecule has 6 heteroatoms. The van der Waals surface area contributed by atoms with Crippen molar-refractivity contribution >= 4 is 17.2 Å². The van der Waals surface area contributed by atoms with Crippen LogP contribution >= 0.6 is 11.3 Å². The molecule has 156 valence electrons. The number of rotatable bonds is 7. The second kappa shape index (κ2) is 9.22. The zero-order valence-electron chi connectivity index (χ0n) is 17.2. The number of carbonyl (C=O) groups is 1. The summed E-state index contributed by atoms with van der Waals surface area (Å²) in [5.74, 6) is 2.27. The zero-order chi connectivity index (χ0) is 20.9. The van der Waals surface area contributed by atoms with Crippen LogP contribution in [0.25, 0.3) is 0 Å². The van der Waals surface area contributed by atoms with E-state index in [2.05, 4.69) is 6.07 Å². The van der Waals surface area contributed by atoms with Crippen molar-refractivity contribution in [3.8, 4) is 17.2 Å². The van der Waals surface area contributed by atoms with Gasteiger partial charge in [0.05, 0.1) is 33.3 Å². The van der Waals surface area contributed by atoms with Crippen LogP contribution in [0, 0.1) is 0 Å². The van der Waals surface area contributed by atoms with Crippen LogP contribution in [0.3, 0.4) is 0 Å². The van der Waals surface area contributed by atoms with Gasteiger partial charge in [-0.05, 0) is 53.3 Å². The molecule has 1 atom stereocenters. The van der Waals surface area contributed by atoms with E-state index in [1.807, 2.05) is 58.8 Å². The van der Waals surface area contributed by atoms with Gasteiger partial charge in [0, 0.05) is 11.4 Å². The molecule has 0 saturated heterocycles. The van der Waals surface area contributed by atoms with Gasteiger partial charge in [-0.15, -0.1) is 11.3 Å². The van der Waals surface area contributed by atoms with Gasteiger partial charge in [-0.1, -0.05) is 24.3 Å². The average Bonchev–Trinajstić information content (AvgIpc) is 3.32. The van der Waals surface area contributed by atoms with E-state index < -0.39 is 0 Å². The molecule has 4 rings (SSSR count). The van der Waals surface area contributed by atoms with Gasteiger partial charge >= 0.3 is 0 Å². The van der Waals surface area contributed by atoms with Crippen molar-refractivity contribution in [3.63, 3.8) is 0 Å². The fourth-order valence-corrected chi connectivity index (χ4v) is 4.74. The predicted octanol–water partition coefficient (Wildman–Crippen LogP) is 4.71. The molecule has 0 aliphatic carbocycles. The van der Waals surface area contributed by atoms with Crippen LogP contribution in [0.15, 0.2) is 60.0 Å². The van der Waals surface area contributed by atoms with Crippen LogP contribution < -0.4 is 14.2 Å². The highest BCUT2D eigenvalue weighted by molar-refractivity contribution is 7.10. The highest BCUT2D eigenvalue weighted by atomic mass is 32.1. The summed E-state index contributed by atoms with van der Waals surface area (Å²) in [6.45, 7) is 1.02. The third-order valence-corrected chi connectivity index (χ3v) is 6.26. The lowest BCUT2D eigenvalue weighted by molar-refractivity contribution is -0.133. The summed E-state index contributed by atoms with van der Waals surface area (Å²) < 4.78 is 16.8. The molecular formula is C24H25NO4S. The number of hydrogen-bond donors (Lipinski definition) is 0. The lowest BCUT2D eigenvalue weighted by Crippen LogP contribution is -2.40. The molecule has 0 spiro atoms. The molecule has 3 aromatic rings. The minimum atomic E-state index is -0.127. The van der Waals surface area contributed by atoms with Crippen molar-refractivity contribution in [1.82, 2.24) is 4.90 Å². The molecule has 1 aliphatic heterocycles. The molecule has 1 amide bonds. The molecule has 2 aromatic carbocycles. The molecule has 0 fully saturated rings. The number of para-hydroxylation sites is 1. The van der Waals surface area contributed by atoms with E-state index in [0.29, 0.717) is 25.3 Å². The van der Waals surface area contributed by atoms with Gasteiger partial charge in [0.15, 0.2) is 11.5 Å². The average molecular weight is 424 g/mol. The Labute approximate surface area is 180 Å². The summed E-state index contributed by atoms with van der Waals surface area (Å²) in [7, 11) is 3.28. The Morgan fingerprint density at radius 1 is 1.07 bits per heavy atom. The Hall–Kier alpha value is -2.99. The number of methoxy groups -OCH3 is 2. The van der Waals surface area contributed by atoms with E-state index in [9.17, 15) is 4.79 Å². The van der Waals surface area contributed by atoms with E-state index in [1.54, 1.807) is 25.6 Å². The van der Waals surface area contributed by atoms with Gasteiger partial charge in [0.25, 0.3) is 0 Å². The largest absolute Gasteiger partial charge is 0.493 e. The van der Waals surface area contributed by atoms with Crippen molar-refractivity contribution in [3.05, 3.63) is 76.0 Å². The monoisotopic (exact) mass is 423 g/mol. The molecule has 1 aromatic heterocycles. The van der Waals surface area contributed by atoms with Gasteiger partial charge < -0.3 is 19.1 Å². The number of ether oxygens (including phenoxy) is 3. The maximum absolute atomic E-state index is 13.2. The van der Waals surface area contributed by atoms with Crippen LogP contribution in [-0.4, -0.2) is 38.2 Å². The Morgan fingerprint density at radius 2 is 1.83 bits per heavy atom. The SMILES string of the molecule is COc1cc2c(cc1OC)C(c1cccs1)N(C(=O)CCOc1ccccc1)CC2. The molecule has 0 radical (unpaired) electrons. The molecule has 5 nitrogen and oxygen atoms in total. The number of thiophene rings is 1. The number of hydrogen-bond acceptors (Lipinski definition) is 5. The second-order valence-corrected chi connectivity index (χ2v) is 8.05. The number of benzene rings is 2. The van der Waals surface area contributed by atoms with Crippen LogP contribution in [0.5, 0.6) is 17.2 Å². The topological polar surface area (TPSA) is 48.0 Å². The summed E-state index contributed by atoms with van der Waals surface area (Å²) in [6.07, 6.45) is 1.11. The van der Waals surface area contributed by atoms with Gasteiger partial charge in [-0.25, -0.2) is 0 Å². The second-order valence-electron chi connectivity index (χ2n) is 7.07. The Morgan fingerprint density at radius 3 is 2.53 bits per heavy atom.